The topological polar surface area (TPSA) is 26.0 Å². The summed E-state index contributed by atoms with van der Waals surface area (Å²) >= 11 is 0. The van der Waals surface area contributed by atoms with Crippen LogP contribution in [0.25, 0.3) is 33.0 Å². The summed E-state index contributed by atoms with van der Waals surface area (Å²) < 4.78 is 0. The summed E-state index contributed by atoms with van der Waals surface area (Å²) in [5.74, 6) is 0. The van der Waals surface area contributed by atoms with Gasteiger partial charge in [0, 0.05) is 16.5 Å². The van der Waals surface area contributed by atoms with Gasteiger partial charge in [-0.2, -0.15) is 0 Å². The van der Waals surface area contributed by atoms with Crippen LogP contribution in [0.2, 0.25) is 0 Å². The van der Waals surface area contributed by atoms with Crippen LogP contribution in [0.3, 0.4) is 0 Å². The van der Waals surface area contributed by atoms with Crippen molar-refractivity contribution in [3.8, 4) is 11.1 Å². The lowest BCUT2D eigenvalue weighted by molar-refractivity contribution is 0.589. The average molecular weight is 997 g/mol. The normalized spacial score (nSPS) is 13.3. The molecule has 0 heterocycles. The fourth-order valence-corrected chi connectivity index (χ4v) is 10.6. The molecule has 0 saturated carbocycles. The first kappa shape index (κ1) is 59.4. The average Bonchev–Trinajstić information content (AvgIpc) is 3.60. The van der Waals surface area contributed by atoms with Crippen molar-refractivity contribution >= 4 is 27.6 Å². The predicted octanol–water partition coefficient (Wildman–Crippen LogP) is 21.3. The zero-order valence-electron chi connectivity index (χ0n) is 49.9. The summed E-state index contributed by atoms with van der Waals surface area (Å²) in [5.41, 5.74) is 33.8. The molecule has 7 aromatic rings. The van der Waals surface area contributed by atoms with E-state index in [9.17, 15) is 0 Å². The van der Waals surface area contributed by atoms with E-state index in [2.05, 4.69) is 262 Å². The highest BCUT2D eigenvalue weighted by molar-refractivity contribution is 6.07. The Kier molecular flexibility index (Phi) is 20.5. The Hall–Kier alpha value is -6.44. The molecule has 75 heavy (non-hydrogen) atoms. The SMILES string of the molecule is C/C=C\C(=C(C)C)c1ccc(Cc2cccc(C(C)(C)C)c2)cc1C.CC.CC.CC1=C(c2ccc(Cc3cccc(C(C)(C)C)c3)cc2C)C=CCC1.Cc1ccc2c(c1)C(C)(C)c1cc(N)c3ccccc3c1-2. The van der Waals surface area contributed by atoms with Crippen molar-refractivity contribution < 1.29 is 0 Å². The maximum atomic E-state index is 6.32. The van der Waals surface area contributed by atoms with E-state index in [1.54, 1.807) is 0 Å². The lowest BCUT2D eigenvalue weighted by Crippen LogP contribution is -2.15. The van der Waals surface area contributed by atoms with Crippen LogP contribution in [0.1, 0.15) is 196 Å². The molecule has 0 bridgehead atoms. The fraction of sp³-hybridized carbons (Fsp3) is 0.351. The first-order chi connectivity index (χ1) is 35.6. The smallest absolute Gasteiger partial charge is 0.0397 e. The van der Waals surface area contributed by atoms with E-state index in [4.69, 9.17) is 5.73 Å². The Balaban J connectivity index is 0.000000202. The second-order valence-corrected chi connectivity index (χ2v) is 23.2. The third-order valence-corrected chi connectivity index (χ3v) is 14.7. The van der Waals surface area contributed by atoms with Gasteiger partial charge in [-0.25, -0.2) is 0 Å². The van der Waals surface area contributed by atoms with Crippen molar-refractivity contribution in [2.75, 3.05) is 5.73 Å². The van der Waals surface area contributed by atoms with Crippen LogP contribution in [-0.4, -0.2) is 0 Å². The minimum Gasteiger partial charge on any atom is -0.398 e. The summed E-state index contributed by atoms with van der Waals surface area (Å²) in [6.45, 7) is 41.6. The van der Waals surface area contributed by atoms with E-state index < -0.39 is 0 Å². The molecule has 0 saturated heterocycles. The van der Waals surface area contributed by atoms with Crippen LogP contribution in [0.4, 0.5) is 5.69 Å². The number of aryl methyl sites for hydroxylation is 3. The Morgan fingerprint density at radius 3 is 1.63 bits per heavy atom. The van der Waals surface area contributed by atoms with Gasteiger partial charge in [-0.1, -0.05) is 251 Å². The minimum atomic E-state index is 0.00877. The molecule has 7 aromatic carbocycles. The number of rotatable bonds is 7. The lowest BCUT2D eigenvalue weighted by atomic mass is 9.81. The molecular formula is C74H93N. The zero-order valence-corrected chi connectivity index (χ0v) is 49.9. The highest BCUT2D eigenvalue weighted by atomic mass is 14.6. The molecule has 0 fully saturated rings. The quantitative estimate of drug-likeness (QED) is 0.125. The van der Waals surface area contributed by atoms with Gasteiger partial charge >= 0.3 is 0 Å². The fourth-order valence-electron chi connectivity index (χ4n) is 10.6. The first-order valence-electron chi connectivity index (χ1n) is 28.0. The molecule has 1 heteroatoms. The second kappa shape index (κ2) is 25.9. The Morgan fingerprint density at radius 2 is 1.11 bits per heavy atom. The van der Waals surface area contributed by atoms with Gasteiger partial charge in [0.25, 0.3) is 0 Å². The number of hydrogen-bond donors (Lipinski definition) is 1. The molecule has 0 atom stereocenters. The van der Waals surface area contributed by atoms with Gasteiger partial charge in [0.15, 0.2) is 0 Å². The van der Waals surface area contributed by atoms with E-state index in [1.807, 2.05) is 27.7 Å². The number of fused-ring (bicyclic) bond motifs is 5. The second-order valence-electron chi connectivity index (χ2n) is 23.2. The first-order valence-corrected chi connectivity index (χ1v) is 28.0. The number of allylic oxidation sites excluding steroid dienone is 8. The zero-order chi connectivity index (χ0) is 55.4. The predicted molar refractivity (Wildman–Crippen MR) is 336 cm³/mol. The molecule has 9 rings (SSSR count). The van der Waals surface area contributed by atoms with Crippen molar-refractivity contribution in [1.29, 1.82) is 0 Å². The minimum absolute atomic E-state index is 0.00877. The Bertz CT molecular complexity index is 3080. The van der Waals surface area contributed by atoms with E-state index in [0.717, 1.165) is 23.9 Å². The highest BCUT2D eigenvalue weighted by Crippen LogP contribution is 2.52. The standard InChI is InChI=1S/C25H30.C25H32.C20H19N.2C2H6/c1-18-9-6-7-12-23(18)24-14-13-21(15-19(24)2)16-20-10-8-11-22(17-20)25(3,4)5;1-8-10-23(18(2)3)24-14-13-21(15-19(24)4)16-20-11-9-12-22(17-20)25(5,6)7;1-12-8-9-15-16(10-12)20(2,3)17-11-18(21)13-6-4-5-7-14(13)19(15)17;2*1-2/h7-8,10-15,17H,6,9,16H2,1-5H3;8-15,17H,16H2,1-7H3;4-11H,21H2,1-3H3;2*1-2H3/b;10-8-;;;. The van der Waals surface area contributed by atoms with E-state index in [1.165, 1.54) is 124 Å². The van der Waals surface area contributed by atoms with E-state index in [-0.39, 0.29) is 16.2 Å². The van der Waals surface area contributed by atoms with Crippen LogP contribution in [-0.2, 0) is 29.1 Å². The van der Waals surface area contributed by atoms with Gasteiger partial charge < -0.3 is 5.73 Å². The Morgan fingerprint density at radius 1 is 0.573 bits per heavy atom. The molecule has 0 radical (unpaired) electrons. The van der Waals surface area contributed by atoms with Gasteiger partial charge in [0.2, 0.25) is 0 Å². The third-order valence-electron chi connectivity index (χ3n) is 14.7. The lowest BCUT2D eigenvalue weighted by Gasteiger charge is -2.22. The Labute approximate surface area is 456 Å². The largest absolute Gasteiger partial charge is 0.398 e. The van der Waals surface area contributed by atoms with Gasteiger partial charge in [-0.15, -0.1) is 0 Å². The molecule has 0 aliphatic heterocycles. The molecule has 2 N–H and O–H groups in total. The van der Waals surface area contributed by atoms with Crippen LogP contribution in [0, 0.1) is 20.8 Å². The number of benzene rings is 7. The summed E-state index contributed by atoms with van der Waals surface area (Å²) in [5, 5.41) is 2.42. The van der Waals surface area contributed by atoms with Gasteiger partial charge in [-0.05, 0) is 185 Å². The van der Waals surface area contributed by atoms with Crippen LogP contribution in [0.5, 0.6) is 0 Å². The van der Waals surface area contributed by atoms with Crippen molar-refractivity contribution in [2.45, 2.75) is 173 Å². The summed E-state index contributed by atoms with van der Waals surface area (Å²) in [6, 6.07) is 49.3. The summed E-state index contributed by atoms with van der Waals surface area (Å²) in [4.78, 5) is 0. The monoisotopic (exact) mass is 996 g/mol. The molecule has 1 nitrogen and oxygen atoms in total. The number of nitrogens with two attached hydrogens (primary N) is 1. The van der Waals surface area contributed by atoms with E-state index >= 15 is 0 Å². The van der Waals surface area contributed by atoms with Crippen molar-refractivity contribution in [2.24, 2.45) is 0 Å². The highest BCUT2D eigenvalue weighted by Gasteiger charge is 2.37. The molecule has 0 aromatic heterocycles. The van der Waals surface area contributed by atoms with Crippen LogP contribution >= 0.6 is 0 Å². The van der Waals surface area contributed by atoms with Gasteiger partial charge in [0.05, 0.1) is 0 Å². The van der Waals surface area contributed by atoms with Crippen LogP contribution in [0.15, 0.2) is 169 Å². The molecular weight excluding hydrogens is 903 g/mol. The van der Waals surface area contributed by atoms with Crippen molar-refractivity contribution in [1.82, 2.24) is 0 Å². The maximum absolute atomic E-state index is 6.32. The van der Waals surface area contributed by atoms with Gasteiger partial charge in [-0.3, -0.25) is 0 Å². The van der Waals surface area contributed by atoms with Crippen molar-refractivity contribution in [3.05, 3.63) is 241 Å². The molecule has 0 unspecified atom stereocenters. The number of hydrogen-bond acceptors (Lipinski definition) is 1. The summed E-state index contributed by atoms with van der Waals surface area (Å²) in [6.07, 6.45) is 13.3. The number of anilines is 1. The molecule has 394 valence electrons. The molecule has 0 spiro atoms. The summed E-state index contributed by atoms with van der Waals surface area (Å²) in [7, 11) is 0. The third kappa shape index (κ3) is 14.5. The molecule has 2 aliphatic rings. The molecule has 2 aliphatic carbocycles. The van der Waals surface area contributed by atoms with Crippen molar-refractivity contribution in [3.63, 3.8) is 0 Å². The van der Waals surface area contributed by atoms with Gasteiger partial charge in [0.1, 0.15) is 0 Å². The maximum Gasteiger partial charge on any atom is 0.0397 e. The molecule has 0 amide bonds. The van der Waals surface area contributed by atoms with Crippen LogP contribution < -0.4 is 5.73 Å². The van der Waals surface area contributed by atoms with E-state index in [0.29, 0.717) is 0 Å². The number of nitrogen functional groups attached to an aromatic ring is 1.